The summed E-state index contributed by atoms with van der Waals surface area (Å²) >= 11 is 5.84. The topological polar surface area (TPSA) is 113 Å². The third-order valence-corrected chi connectivity index (χ3v) is 2.84. The van der Waals surface area contributed by atoms with Gasteiger partial charge in [-0.2, -0.15) is 0 Å². The average molecular weight is 319 g/mol. The summed E-state index contributed by atoms with van der Waals surface area (Å²) in [6.07, 6.45) is 2.46. The van der Waals surface area contributed by atoms with Crippen LogP contribution in [-0.4, -0.2) is 31.7 Å². The van der Waals surface area contributed by atoms with Gasteiger partial charge in [-0.05, 0) is 18.2 Å². The van der Waals surface area contributed by atoms with Crippen molar-refractivity contribution in [1.29, 1.82) is 0 Å². The fourth-order valence-corrected chi connectivity index (χ4v) is 1.94. The Hall–Kier alpha value is -2.06. The second-order valence-corrected chi connectivity index (χ2v) is 5.89. The number of hydrogen-bond acceptors (Lipinski definition) is 4. The molecule has 7 nitrogen and oxygen atoms in total. The van der Waals surface area contributed by atoms with Gasteiger partial charge in [0, 0.05) is 12.2 Å². The Balaban J connectivity index is 2.92. The second-order valence-electron chi connectivity index (χ2n) is 3.73. The molecule has 0 aliphatic heterocycles. The number of nitrogens with one attached hydrogen (secondary N) is 2. The molecule has 1 rings (SSSR count). The first-order valence-electron chi connectivity index (χ1n) is 5.17. The number of sulfonamides is 1. The molecule has 0 atom stereocenters. The van der Waals surface area contributed by atoms with Gasteiger partial charge in [-0.25, -0.2) is 13.2 Å². The molecule has 1 amide bonds. The maximum atomic E-state index is 11.4. The van der Waals surface area contributed by atoms with Crippen molar-refractivity contribution in [3.05, 3.63) is 35.4 Å². The van der Waals surface area contributed by atoms with Gasteiger partial charge in [0.1, 0.15) is 0 Å². The zero-order chi connectivity index (χ0) is 15.3. The van der Waals surface area contributed by atoms with E-state index in [2.05, 4.69) is 10.0 Å². The van der Waals surface area contributed by atoms with Crippen molar-refractivity contribution in [2.45, 2.75) is 0 Å². The van der Waals surface area contributed by atoms with Crippen LogP contribution in [0.15, 0.2) is 30.4 Å². The van der Waals surface area contributed by atoms with Gasteiger partial charge in [0.05, 0.1) is 22.7 Å². The lowest BCUT2D eigenvalue weighted by molar-refractivity contribution is -0.131. The van der Waals surface area contributed by atoms with Gasteiger partial charge in [0.25, 0.3) is 0 Å². The zero-order valence-electron chi connectivity index (χ0n) is 10.3. The Labute approximate surface area is 120 Å². The molecule has 0 radical (unpaired) electrons. The lowest BCUT2D eigenvalue weighted by Gasteiger charge is -2.09. The second kappa shape index (κ2) is 6.40. The monoisotopic (exact) mass is 318 g/mol. The van der Waals surface area contributed by atoms with E-state index in [1.54, 1.807) is 0 Å². The van der Waals surface area contributed by atoms with Crippen molar-refractivity contribution in [1.82, 2.24) is 0 Å². The van der Waals surface area contributed by atoms with Gasteiger partial charge < -0.3 is 10.4 Å². The van der Waals surface area contributed by atoms with Gasteiger partial charge in [-0.3, -0.25) is 9.52 Å². The van der Waals surface area contributed by atoms with Crippen LogP contribution in [0.3, 0.4) is 0 Å². The highest BCUT2D eigenvalue weighted by atomic mass is 35.5. The quantitative estimate of drug-likeness (QED) is 0.708. The molecule has 3 N–H and O–H groups in total. The Morgan fingerprint density at radius 1 is 1.30 bits per heavy atom. The van der Waals surface area contributed by atoms with Gasteiger partial charge in [0.2, 0.25) is 15.9 Å². The highest BCUT2D eigenvalue weighted by Gasteiger charge is 2.08. The van der Waals surface area contributed by atoms with Gasteiger partial charge in [0.15, 0.2) is 0 Å². The zero-order valence-corrected chi connectivity index (χ0v) is 11.8. The third-order valence-electron chi connectivity index (χ3n) is 1.90. The molecule has 9 heteroatoms. The van der Waals surface area contributed by atoms with E-state index >= 15 is 0 Å². The summed E-state index contributed by atoms with van der Waals surface area (Å²) in [5, 5.41) is 10.9. The van der Waals surface area contributed by atoms with Crippen LogP contribution in [0.4, 0.5) is 11.4 Å². The number of carbonyl (C=O) groups is 2. The fourth-order valence-electron chi connectivity index (χ4n) is 1.22. The van der Waals surface area contributed by atoms with Crippen LogP contribution < -0.4 is 10.0 Å². The molecule has 108 valence electrons. The number of carbonyl (C=O) groups excluding carboxylic acids is 1. The highest BCUT2D eigenvalue weighted by Crippen LogP contribution is 2.25. The number of aliphatic carboxylic acids is 1. The Morgan fingerprint density at radius 3 is 2.50 bits per heavy atom. The van der Waals surface area contributed by atoms with Crippen molar-refractivity contribution in [3.63, 3.8) is 0 Å². The number of hydrogen-bond donors (Lipinski definition) is 3. The molecule has 0 saturated carbocycles. The molecule has 20 heavy (non-hydrogen) atoms. The van der Waals surface area contributed by atoms with Gasteiger partial charge in [-0.15, -0.1) is 0 Å². The van der Waals surface area contributed by atoms with E-state index in [1.165, 1.54) is 18.2 Å². The van der Waals surface area contributed by atoms with E-state index < -0.39 is 21.9 Å². The summed E-state index contributed by atoms with van der Waals surface area (Å²) in [5.74, 6) is -1.97. The minimum atomic E-state index is -3.45. The maximum absolute atomic E-state index is 11.4. The molecular formula is C11H11ClN2O5S. The van der Waals surface area contributed by atoms with Gasteiger partial charge >= 0.3 is 5.97 Å². The number of amides is 1. The van der Waals surface area contributed by atoms with Crippen molar-refractivity contribution in [2.75, 3.05) is 16.3 Å². The summed E-state index contributed by atoms with van der Waals surface area (Å²) in [6.45, 7) is 0. The van der Waals surface area contributed by atoms with Crippen molar-refractivity contribution >= 4 is 44.9 Å². The SMILES string of the molecule is CS(=O)(=O)Nc1ccc(Cl)c(NC(=O)/C=C/C(=O)O)c1. The lowest BCUT2D eigenvalue weighted by Crippen LogP contribution is -2.12. The predicted octanol–water partition coefficient (Wildman–Crippen LogP) is 1.29. The largest absolute Gasteiger partial charge is 0.478 e. The standard InChI is InChI=1S/C11H11ClN2O5S/c1-20(18,19)14-7-2-3-8(12)9(6-7)13-10(15)4-5-11(16)17/h2-6,14H,1H3,(H,13,15)(H,16,17)/b5-4+. The van der Waals surface area contributed by atoms with Crippen LogP contribution >= 0.6 is 11.6 Å². The highest BCUT2D eigenvalue weighted by molar-refractivity contribution is 7.92. The Bertz CT molecular complexity index is 669. The molecule has 0 unspecified atom stereocenters. The summed E-state index contributed by atoms with van der Waals surface area (Å²) in [6, 6.07) is 4.13. The van der Waals surface area contributed by atoms with Gasteiger partial charge in [-0.1, -0.05) is 11.6 Å². The molecule has 0 spiro atoms. The average Bonchev–Trinajstić information content (AvgIpc) is 2.29. The summed E-state index contributed by atoms with van der Waals surface area (Å²) in [5.41, 5.74) is 0.370. The molecular weight excluding hydrogens is 308 g/mol. The van der Waals surface area contributed by atoms with Crippen LogP contribution in [0.5, 0.6) is 0 Å². The number of benzene rings is 1. The first-order valence-corrected chi connectivity index (χ1v) is 7.43. The molecule has 0 aromatic heterocycles. The summed E-state index contributed by atoms with van der Waals surface area (Å²) in [4.78, 5) is 21.7. The smallest absolute Gasteiger partial charge is 0.328 e. The van der Waals surface area contributed by atoms with Crippen LogP contribution in [0.25, 0.3) is 0 Å². The van der Waals surface area contributed by atoms with Crippen LogP contribution in [0, 0.1) is 0 Å². The summed E-state index contributed by atoms with van der Waals surface area (Å²) in [7, 11) is -3.45. The molecule has 0 aliphatic carbocycles. The number of anilines is 2. The van der Waals surface area contributed by atoms with E-state index in [9.17, 15) is 18.0 Å². The van der Waals surface area contributed by atoms with Crippen molar-refractivity contribution in [3.8, 4) is 0 Å². The lowest BCUT2D eigenvalue weighted by atomic mass is 10.3. The minimum absolute atomic E-state index is 0.153. The van der Waals surface area contributed by atoms with E-state index in [-0.39, 0.29) is 16.4 Å². The van der Waals surface area contributed by atoms with E-state index in [4.69, 9.17) is 16.7 Å². The number of carboxylic acid groups (broad SMARTS) is 1. The van der Waals surface area contributed by atoms with Crippen molar-refractivity contribution < 1.29 is 23.1 Å². The van der Waals surface area contributed by atoms with Crippen LogP contribution in [0.1, 0.15) is 0 Å². The van der Waals surface area contributed by atoms with E-state index in [1.807, 2.05) is 0 Å². The molecule has 0 saturated heterocycles. The first-order chi connectivity index (χ1) is 9.17. The molecule has 1 aromatic carbocycles. The third kappa shape index (κ3) is 5.72. The number of halogens is 1. The summed E-state index contributed by atoms with van der Waals surface area (Å²) < 4.78 is 24.4. The molecule has 0 heterocycles. The Morgan fingerprint density at radius 2 is 1.95 bits per heavy atom. The number of rotatable bonds is 5. The van der Waals surface area contributed by atoms with E-state index in [0.717, 1.165) is 12.3 Å². The maximum Gasteiger partial charge on any atom is 0.328 e. The Kier molecular flexibility index (Phi) is 5.12. The molecule has 0 bridgehead atoms. The molecule has 0 aliphatic rings. The van der Waals surface area contributed by atoms with Crippen LogP contribution in [-0.2, 0) is 19.6 Å². The predicted molar refractivity (Wildman–Crippen MR) is 75.3 cm³/mol. The normalized spacial score (nSPS) is 11.3. The van der Waals surface area contributed by atoms with Crippen LogP contribution in [0.2, 0.25) is 5.02 Å². The van der Waals surface area contributed by atoms with Crippen molar-refractivity contribution in [2.24, 2.45) is 0 Å². The molecule has 1 aromatic rings. The number of carboxylic acids is 1. The van der Waals surface area contributed by atoms with E-state index in [0.29, 0.717) is 6.08 Å². The minimum Gasteiger partial charge on any atom is -0.478 e. The molecule has 0 fully saturated rings. The first kappa shape index (κ1) is 16.0. The fraction of sp³-hybridized carbons (Fsp3) is 0.0909.